The molecular weight excluding hydrogens is 428 g/mol. The standard InChI is InChI=1S/C25H25ClN2O2S/c26-23-7-3-6-21(16-23)20-8-10-25(11-9-20)31(29,30)28-15-13-24(18-28)27-14-12-19-4-1-2-5-22(19)17-27/h1-11,16,24H,12-15,17-18H2. The summed E-state index contributed by atoms with van der Waals surface area (Å²) >= 11 is 6.08. The molecule has 6 heteroatoms. The molecule has 3 aromatic carbocycles. The number of sulfonamides is 1. The number of halogens is 1. The summed E-state index contributed by atoms with van der Waals surface area (Å²) in [4.78, 5) is 2.79. The van der Waals surface area contributed by atoms with E-state index in [0.29, 0.717) is 23.0 Å². The Kier molecular flexibility index (Phi) is 5.61. The average Bonchev–Trinajstić information content (AvgIpc) is 3.30. The predicted molar refractivity (Wildman–Crippen MR) is 125 cm³/mol. The lowest BCUT2D eigenvalue weighted by Gasteiger charge is -2.33. The largest absolute Gasteiger partial charge is 0.294 e. The van der Waals surface area contributed by atoms with E-state index in [1.54, 1.807) is 16.4 Å². The van der Waals surface area contributed by atoms with Gasteiger partial charge in [-0.25, -0.2) is 8.42 Å². The van der Waals surface area contributed by atoms with E-state index in [1.807, 2.05) is 36.4 Å². The smallest absolute Gasteiger partial charge is 0.243 e. The normalized spacial score (nSPS) is 20.0. The highest BCUT2D eigenvalue weighted by atomic mass is 35.5. The van der Waals surface area contributed by atoms with Crippen LogP contribution in [0.4, 0.5) is 0 Å². The van der Waals surface area contributed by atoms with Gasteiger partial charge in [-0.3, -0.25) is 4.90 Å². The lowest BCUT2D eigenvalue weighted by molar-refractivity contribution is 0.185. The van der Waals surface area contributed by atoms with Crippen molar-refractivity contribution in [3.63, 3.8) is 0 Å². The van der Waals surface area contributed by atoms with Crippen LogP contribution in [0.1, 0.15) is 17.5 Å². The molecule has 5 rings (SSSR count). The first-order valence-corrected chi connectivity index (χ1v) is 12.5. The van der Waals surface area contributed by atoms with E-state index in [1.165, 1.54) is 11.1 Å². The maximum atomic E-state index is 13.2. The van der Waals surface area contributed by atoms with Gasteiger partial charge in [0.25, 0.3) is 0 Å². The van der Waals surface area contributed by atoms with Crippen LogP contribution in [0.2, 0.25) is 5.02 Å². The molecule has 0 N–H and O–H groups in total. The monoisotopic (exact) mass is 452 g/mol. The molecule has 0 saturated carbocycles. The topological polar surface area (TPSA) is 40.6 Å². The number of benzene rings is 3. The maximum absolute atomic E-state index is 13.2. The summed E-state index contributed by atoms with van der Waals surface area (Å²) in [5.41, 5.74) is 4.71. The van der Waals surface area contributed by atoms with Crippen LogP contribution >= 0.6 is 11.6 Å². The summed E-state index contributed by atoms with van der Waals surface area (Å²) in [6.07, 6.45) is 1.91. The quantitative estimate of drug-likeness (QED) is 0.569. The molecule has 0 radical (unpaired) electrons. The molecule has 1 unspecified atom stereocenters. The number of rotatable bonds is 4. The van der Waals surface area contributed by atoms with Gasteiger partial charge in [0, 0.05) is 37.2 Å². The average molecular weight is 453 g/mol. The summed E-state index contributed by atoms with van der Waals surface area (Å²) in [7, 11) is -3.50. The fourth-order valence-corrected chi connectivity index (χ4v) is 6.38. The second kappa shape index (κ2) is 8.40. The Morgan fingerprint density at radius 2 is 1.61 bits per heavy atom. The molecule has 31 heavy (non-hydrogen) atoms. The summed E-state index contributed by atoms with van der Waals surface area (Å²) in [5.74, 6) is 0. The van der Waals surface area contributed by atoms with Crippen molar-refractivity contribution in [2.75, 3.05) is 19.6 Å². The van der Waals surface area contributed by atoms with Crippen LogP contribution in [0.15, 0.2) is 77.7 Å². The van der Waals surface area contributed by atoms with Crippen molar-refractivity contribution in [2.24, 2.45) is 0 Å². The highest BCUT2D eigenvalue weighted by molar-refractivity contribution is 7.89. The van der Waals surface area contributed by atoms with Gasteiger partial charge in [-0.15, -0.1) is 0 Å². The van der Waals surface area contributed by atoms with Gasteiger partial charge in [-0.1, -0.05) is 60.1 Å². The Morgan fingerprint density at radius 3 is 2.39 bits per heavy atom. The van der Waals surface area contributed by atoms with Gasteiger partial charge in [0.2, 0.25) is 10.0 Å². The summed E-state index contributed by atoms with van der Waals surface area (Å²) in [5, 5.41) is 0.664. The van der Waals surface area contributed by atoms with Crippen molar-refractivity contribution in [1.29, 1.82) is 0 Å². The van der Waals surface area contributed by atoms with Crippen LogP contribution in [0.25, 0.3) is 11.1 Å². The first-order chi connectivity index (χ1) is 15.0. The van der Waals surface area contributed by atoms with Crippen LogP contribution in [-0.2, 0) is 23.0 Å². The molecule has 160 valence electrons. The zero-order valence-corrected chi connectivity index (χ0v) is 18.8. The van der Waals surface area contributed by atoms with Gasteiger partial charge in [0.05, 0.1) is 4.90 Å². The lowest BCUT2D eigenvalue weighted by atomic mass is 9.98. The molecule has 1 atom stereocenters. The zero-order valence-electron chi connectivity index (χ0n) is 17.2. The summed E-state index contributed by atoms with van der Waals surface area (Å²) in [6.45, 7) is 3.02. The Balaban J connectivity index is 1.29. The van der Waals surface area contributed by atoms with E-state index in [0.717, 1.165) is 37.1 Å². The third-order valence-corrected chi connectivity index (χ3v) is 8.57. The zero-order chi connectivity index (χ0) is 21.4. The third kappa shape index (κ3) is 4.15. The molecule has 0 aromatic heterocycles. The Labute approximate surface area is 189 Å². The Morgan fingerprint density at radius 1 is 0.839 bits per heavy atom. The minimum Gasteiger partial charge on any atom is -0.294 e. The molecule has 0 amide bonds. The molecule has 0 bridgehead atoms. The predicted octanol–water partition coefficient (Wildman–Crippen LogP) is 4.83. The number of hydrogen-bond acceptors (Lipinski definition) is 3. The molecule has 1 fully saturated rings. The minimum atomic E-state index is -3.50. The molecule has 0 spiro atoms. The number of hydrogen-bond donors (Lipinski definition) is 0. The highest BCUT2D eigenvalue weighted by Gasteiger charge is 2.36. The van der Waals surface area contributed by atoms with Crippen molar-refractivity contribution in [3.05, 3.63) is 88.9 Å². The second-order valence-electron chi connectivity index (χ2n) is 8.33. The molecule has 3 aromatic rings. The fraction of sp³-hybridized carbons (Fsp3) is 0.280. The van der Waals surface area contributed by atoms with Gasteiger partial charge in [0.1, 0.15) is 0 Å². The SMILES string of the molecule is O=S(=O)(c1ccc(-c2cccc(Cl)c2)cc1)N1CCC(N2CCc3ccccc3C2)C1. The van der Waals surface area contributed by atoms with Gasteiger partial charge in [0.15, 0.2) is 0 Å². The van der Waals surface area contributed by atoms with Crippen LogP contribution < -0.4 is 0 Å². The van der Waals surface area contributed by atoms with E-state index in [-0.39, 0.29) is 6.04 Å². The van der Waals surface area contributed by atoms with Crippen molar-refractivity contribution < 1.29 is 8.42 Å². The molecule has 2 aliphatic heterocycles. The van der Waals surface area contributed by atoms with Crippen molar-refractivity contribution in [1.82, 2.24) is 9.21 Å². The lowest BCUT2D eigenvalue weighted by Crippen LogP contribution is -2.41. The Bertz CT molecular complexity index is 1190. The Hall–Kier alpha value is -2.18. The highest BCUT2D eigenvalue weighted by Crippen LogP contribution is 2.29. The van der Waals surface area contributed by atoms with Crippen LogP contribution in [0.3, 0.4) is 0 Å². The van der Waals surface area contributed by atoms with E-state index in [2.05, 4.69) is 29.2 Å². The van der Waals surface area contributed by atoms with Crippen LogP contribution in [-0.4, -0.2) is 43.3 Å². The van der Waals surface area contributed by atoms with Gasteiger partial charge >= 0.3 is 0 Å². The first-order valence-electron chi connectivity index (χ1n) is 10.7. The van der Waals surface area contributed by atoms with Crippen molar-refractivity contribution in [3.8, 4) is 11.1 Å². The summed E-state index contributed by atoms with van der Waals surface area (Å²) in [6, 6.07) is 23.5. The van der Waals surface area contributed by atoms with E-state index >= 15 is 0 Å². The second-order valence-corrected chi connectivity index (χ2v) is 10.7. The maximum Gasteiger partial charge on any atom is 0.243 e. The minimum absolute atomic E-state index is 0.272. The molecule has 4 nitrogen and oxygen atoms in total. The van der Waals surface area contributed by atoms with Gasteiger partial charge in [-0.05, 0) is 59.4 Å². The fourth-order valence-electron chi connectivity index (χ4n) is 4.69. The van der Waals surface area contributed by atoms with Crippen molar-refractivity contribution in [2.45, 2.75) is 30.3 Å². The third-order valence-electron chi connectivity index (χ3n) is 6.45. The van der Waals surface area contributed by atoms with E-state index in [9.17, 15) is 8.42 Å². The molecule has 2 heterocycles. The van der Waals surface area contributed by atoms with E-state index in [4.69, 9.17) is 11.6 Å². The van der Waals surface area contributed by atoms with Gasteiger partial charge in [-0.2, -0.15) is 4.31 Å². The summed E-state index contributed by atoms with van der Waals surface area (Å²) < 4.78 is 28.1. The molecule has 2 aliphatic rings. The van der Waals surface area contributed by atoms with Crippen LogP contribution in [0.5, 0.6) is 0 Å². The number of nitrogens with zero attached hydrogens (tertiary/aromatic N) is 2. The molecular formula is C25H25ClN2O2S. The van der Waals surface area contributed by atoms with E-state index < -0.39 is 10.0 Å². The first kappa shape index (κ1) is 20.7. The van der Waals surface area contributed by atoms with Crippen molar-refractivity contribution >= 4 is 21.6 Å². The number of fused-ring (bicyclic) bond motifs is 1. The molecule has 0 aliphatic carbocycles. The molecule has 1 saturated heterocycles. The van der Waals surface area contributed by atoms with Gasteiger partial charge < -0.3 is 0 Å². The van der Waals surface area contributed by atoms with Crippen LogP contribution in [0, 0.1) is 0 Å².